The number of carboxylic acids is 1. The van der Waals surface area contributed by atoms with Crippen LogP contribution in [0.25, 0.3) is 0 Å². The minimum absolute atomic E-state index is 0.0297. The number of nitrogens with one attached hydrogen (secondary N) is 1. The Kier molecular flexibility index (Phi) is 3.03. The van der Waals surface area contributed by atoms with Gasteiger partial charge in [0.15, 0.2) is 5.54 Å². The van der Waals surface area contributed by atoms with Crippen LogP contribution in [-0.2, 0) is 16.1 Å². The van der Waals surface area contributed by atoms with Gasteiger partial charge in [-0.05, 0) is 6.92 Å². The second kappa shape index (κ2) is 4.07. The summed E-state index contributed by atoms with van der Waals surface area (Å²) in [5, 5.41) is 15.2. The van der Waals surface area contributed by atoms with E-state index in [4.69, 9.17) is 5.11 Å². The zero-order valence-electron chi connectivity index (χ0n) is 8.47. The Morgan fingerprint density at radius 3 is 2.67 bits per heavy atom. The van der Waals surface area contributed by atoms with Crippen molar-refractivity contribution in [1.82, 2.24) is 20.1 Å². The van der Waals surface area contributed by atoms with Crippen molar-refractivity contribution < 1.29 is 14.7 Å². The quantitative estimate of drug-likeness (QED) is 0.685. The zero-order chi connectivity index (χ0) is 11.5. The van der Waals surface area contributed by atoms with Crippen LogP contribution >= 0.6 is 0 Å². The Morgan fingerprint density at radius 2 is 2.27 bits per heavy atom. The predicted molar refractivity (Wildman–Crippen MR) is 49.9 cm³/mol. The molecule has 0 aliphatic carbocycles. The van der Waals surface area contributed by atoms with E-state index in [9.17, 15) is 9.59 Å². The Balaban J connectivity index is 2.82. The number of aromatic nitrogens is 3. The van der Waals surface area contributed by atoms with Gasteiger partial charge in [0.1, 0.15) is 12.7 Å². The Labute approximate surface area is 86.1 Å². The highest BCUT2D eigenvalue weighted by atomic mass is 16.4. The van der Waals surface area contributed by atoms with Crippen LogP contribution in [0.5, 0.6) is 0 Å². The van der Waals surface area contributed by atoms with Gasteiger partial charge >= 0.3 is 5.97 Å². The van der Waals surface area contributed by atoms with Crippen molar-refractivity contribution in [1.29, 1.82) is 0 Å². The van der Waals surface area contributed by atoms with Crippen molar-refractivity contribution in [2.45, 2.75) is 25.9 Å². The topological polar surface area (TPSA) is 97.1 Å². The third kappa shape index (κ3) is 2.76. The van der Waals surface area contributed by atoms with Crippen molar-refractivity contribution in [2.75, 3.05) is 0 Å². The van der Waals surface area contributed by atoms with E-state index < -0.39 is 17.4 Å². The summed E-state index contributed by atoms with van der Waals surface area (Å²) in [7, 11) is 0. The molecule has 0 fully saturated rings. The molecule has 1 aromatic rings. The van der Waals surface area contributed by atoms with E-state index in [2.05, 4.69) is 15.4 Å². The molecule has 82 valence electrons. The Morgan fingerprint density at radius 1 is 1.60 bits per heavy atom. The number of hydrogen-bond donors (Lipinski definition) is 2. The first-order valence-corrected chi connectivity index (χ1v) is 4.28. The molecule has 0 saturated carbocycles. The van der Waals surface area contributed by atoms with Gasteiger partial charge in [0, 0.05) is 6.92 Å². The lowest BCUT2D eigenvalue weighted by Crippen LogP contribution is -2.54. The van der Waals surface area contributed by atoms with Gasteiger partial charge in [-0.15, -0.1) is 0 Å². The molecule has 2 N–H and O–H groups in total. The van der Waals surface area contributed by atoms with E-state index in [1.165, 1.54) is 31.2 Å². The minimum Gasteiger partial charge on any atom is -0.479 e. The second-order valence-corrected chi connectivity index (χ2v) is 3.41. The van der Waals surface area contributed by atoms with Crippen LogP contribution in [0.1, 0.15) is 13.8 Å². The van der Waals surface area contributed by atoms with Crippen LogP contribution in [0.3, 0.4) is 0 Å². The summed E-state index contributed by atoms with van der Waals surface area (Å²) in [6, 6.07) is 0. The van der Waals surface area contributed by atoms with Crippen LogP contribution in [0.2, 0.25) is 0 Å². The molecule has 7 heteroatoms. The molecular weight excluding hydrogens is 200 g/mol. The van der Waals surface area contributed by atoms with Gasteiger partial charge in [-0.25, -0.2) is 9.78 Å². The Hall–Kier alpha value is -1.92. The van der Waals surface area contributed by atoms with Crippen LogP contribution in [-0.4, -0.2) is 37.3 Å². The highest BCUT2D eigenvalue weighted by Crippen LogP contribution is 2.07. The van der Waals surface area contributed by atoms with Gasteiger partial charge < -0.3 is 10.4 Å². The van der Waals surface area contributed by atoms with Gasteiger partial charge in [-0.2, -0.15) is 5.10 Å². The third-order valence-corrected chi connectivity index (χ3v) is 1.87. The molecule has 1 amide bonds. The Bertz CT molecular complexity index is 362. The molecule has 1 unspecified atom stereocenters. The lowest BCUT2D eigenvalue weighted by atomic mass is 10.0. The maximum Gasteiger partial charge on any atom is 0.331 e. The van der Waals surface area contributed by atoms with Gasteiger partial charge in [-0.1, -0.05) is 0 Å². The molecule has 15 heavy (non-hydrogen) atoms. The van der Waals surface area contributed by atoms with E-state index in [0.717, 1.165) is 0 Å². The molecule has 0 aromatic carbocycles. The van der Waals surface area contributed by atoms with E-state index in [-0.39, 0.29) is 6.54 Å². The standard InChI is InChI=1S/C8H12N4O3/c1-6(13)11-8(2,7(14)15)3-12-5-9-4-10-12/h4-5H,3H2,1-2H3,(H,11,13)(H,14,15). The fraction of sp³-hybridized carbons (Fsp3) is 0.500. The fourth-order valence-electron chi connectivity index (χ4n) is 1.19. The van der Waals surface area contributed by atoms with Crippen molar-refractivity contribution in [2.24, 2.45) is 0 Å². The lowest BCUT2D eigenvalue weighted by molar-refractivity contribution is -0.147. The average Bonchev–Trinajstić information content (AvgIpc) is 2.54. The highest BCUT2D eigenvalue weighted by molar-refractivity contribution is 5.85. The molecule has 0 aliphatic heterocycles. The fourth-order valence-corrected chi connectivity index (χ4v) is 1.19. The molecule has 0 radical (unpaired) electrons. The predicted octanol–water partition coefficient (Wildman–Crippen LogP) is -0.743. The molecule has 1 aromatic heterocycles. The van der Waals surface area contributed by atoms with E-state index in [1.54, 1.807) is 0 Å². The molecule has 0 saturated heterocycles. The lowest BCUT2D eigenvalue weighted by Gasteiger charge is -2.25. The van der Waals surface area contributed by atoms with Crippen molar-refractivity contribution in [3.05, 3.63) is 12.7 Å². The van der Waals surface area contributed by atoms with E-state index in [0.29, 0.717) is 0 Å². The summed E-state index contributed by atoms with van der Waals surface area (Å²) in [5.74, 6) is -1.52. The number of carbonyl (C=O) groups is 2. The zero-order valence-corrected chi connectivity index (χ0v) is 8.47. The van der Waals surface area contributed by atoms with Crippen LogP contribution in [0.4, 0.5) is 0 Å². The summed E-state index contributed by atoms with van der Waals surface area (Å²) in [5.41, 5.74) is -1.38. The largest absolute Gasteiger partial charge is 0.479 e. The maximum atomic E-state index is 11.0. The van der Waals surface area contributed by atoms with E-state index >= 15 is 0 Å². The first-order valence-electron chi connectivity index (χ1n) is 4.28. The number of rotatable bonds is 4. The SMILES string of the molecule is CC(=O)NC(C)(Cn1cncn1)C(=O)O. The minimum atomic E-state index is -1.38. The molecule has 0 spiro atoms. The molecule has 1 rings (SSSR count). The summed E-state index contributed by atoms with van der Waals surface area (Å²) in [6.07, 6.45) is 2.69. The number of aliphatic carboxylic acids is 1. The summed E-state index contributed by atoms with van der Waals surface area (Å²) in [4.78, 5) is 25.6. The van der Waals surface area contributed by atoms with Gasteiger partial charge in [0.05, 0.1) is 6.54 Å². The van der Waals surface area contributed by atoms with Crippen molar-refractivity contribution >= 4 is 11.9 Å². The van der Waals surface area contributed by atoms with Crippen LogP contribution in [0.15, 0.2) is 12.7 Å². The smallest absolute Gasteiger partial charge is 0.331 e. The molecule has 1 heterocycles. The van der Waals surface area contributed by atoms with Crippen LogP contribution in [0, 0.1) is 0 Å². The molecular formula is C8H12N4O3. The first kappa shape index (κ1) is 11.2. The molecule has 1 atom stereocenters. The van der Waals surface area contributed by atoms with Gasteiger partial charge in [-0.3, -0.25) is 9.48 Å². The number of hydrogen-bond acceptors (Lipinski definition) is 4. The number of carbonyl (C=O) groups excluding carboxylic acids is 1. The average molecular weight is 212 g/mol. The monoisotopic (exact) mass is 212 g/mol. The third-order valence-electron chi connectivity index (χ3n) is 1.87. The van der Waals surface area contributed by atoms with Crippen LogP contribution < -0.4 is 5.32 Å². The van der Waals surface area contributed by atoms with Crippen molar-refractivity contribution in [3.63, 3.8) is 0 Å². The normalized spacial score (nSPS) is 14.3. The molecule has 7 nitrogen and oxygen atoms in total. The maximum absolute atomic E-state index is 11.0. The number of carboxylic acid groups (broad SMARTS) is 1. The highest BCUT2D eigenvalue weighted by Gasteiger charge is 2.34. The summed E-state index contributed by atoms with van der Waals surface area (Å²) >= 11 is 0. The van der Waals surface area contributed by atoms with Gasteiger partial charge in [0.25, 0.3) is 0 Å². The van der Waals surface area contributed by atoms with Gasteiger partial charge in [0.2, 0.25) is 5.91 Å². The van der Waals surface area contributed by atoms with E-state index in [1.807, 2.05) is 0 Å². The molecule has 0 bridgehead atoms. The number of nitrogens with zero attached hydrogens (tertiary/aromatic N) is 3. The first-order chi connectivity index (χ1) is 6.94. The number of amides is 1. The summed E-state index contributed by atoms with van der Waals surface area (Å²) < 4.78 is 1.35. The van der Waals surface area contributed by atoms with Crippen molar-refractivity contribution in [3.8, 4) is 0 Å². The summed E-state index contributed by atoms with van der Waals surface area (Å²) in [6.45, 7) is 2.71. The molecule has 0 aliphatic rings. The second-order valence-electron chi connectivity index (χ2n) is 3.41.